The molecule has 2 aromatic rings. The Labute approximate surface area is 113 Å². The number of nitrogens with zero attached hydrogens (tertiary/aromatic N) is 2. The number of aromatic carboxylic acids is 1. The van der Waals surface area contributed by atoms with Gasteiger partial charge in [-0.3, -0.25) is 0 Å². The topological polar surface area (TPSA) is 72.3 Å². The summed E-state index contributed by atoms with van der Waals surface area (Å²) in [5.74, 6) is -0.104. The van der Waals surface area contributed by atoms with Gasteiger partial charge in [-0.15, -0.1) is 11.3 Å². The van der Waals surface area contributed by atoms with Gasteiger partial charge in [0.25, 0.3) is 0 Å². The van der Waals surface area contributed by atoms with Crippen LogP contribution in [0.4, 0.5) is 0 Å². The van der Waals surface area contributed by atoms with E-state index < -0.39 is 5.97 Å². The monoisotopic (exact) mass is 276 g/mol. The second-order valence-electron chi connectivity index (χ2n) is 4.38. The fraction of sp³-hybridized carbons (Fsp3) is 0.308. The predicted molar refractivity (Wildman–Crippen MR) is 70.8 cm³/mol. The van der Waals surface area contributed by atoms with E-state index in [1.54, 1.807) is 13.2 Å². The van der Waals surface area contributed by atoms with Gasteiger partial charge in [-0.25, -0.2) is 14.8 Å². The molecule has 0 aromatic carbocycles. The normalized spacial score (nSPS) is 14.4. The van der Waals surface area contributed by atoms with Gasteiger partial charge in [0.15, 0.2) is 0 Å². The van der Waals surface area contributed by atoms with Crippen LogP contribution in [0.1, 0.15) is 34.1 Å². The van der Waals surface area contributed by atoms with E-state index in [2.05, 4.69) is 9.97 Å². The van der Waals surface area contributed by atoms with Crippen molar-refractivity contribution in [1.29, 1.82) is 0 Å². The van der Waals surface area contributed by atoms with Crippen molar-refractivity contribution in [2.24, 2.45) is 0 Å². The summed E-state index contributed by atoms with van der Waals surface area (Å²) >= 11 is 1.18. The Hall–Kier alpha value is -1.95. The third kappa shape index (κ3) is 2.31. The number of rotatable bonds is 4. The highest BCUT2D eigenvalue weighted by molar-refractivity contribution is 7.17. The standard InChI is InChI=1S/C13H12N2O3S/c1-18-9-4-2-3-8(14-9)12-15-10(7-5-6-7)11(19-12)13(16)17/h2-4,7H,5-6H2,1H3,(H,16,17). The van der Waals surface area contributed by atoms with Gasteiger partial charge >= 0.3 is 5.97 Å². The third-order valence-electron chi connectivity index (χ3n) is 2.96. The first-order valence-corrected chi connectivity index (χ1v) is 6.76. The molecule has 0 atom stereocenters. The van der Waals surface area contributed by atoms with Crippen molar-refractivity contribution in [3.63, 3.8) is 0 Å². The molecule has 2 heterocycles. The maximum absolute atomic E-state index is 11.2. The Bertz CT molecular complexity index is 635. The molecule has 2 aromatic heterocycles. The summed E-state index contributed by atoms with van der Waals surface area (Å²) in [5, 5.41) is 9.87. The molecule has 0 saturated heterocycles. The summed E-state index contributed by atoms with van der Waals surface area (Å²) in [6.45, 7) is 0. The molecule has 0 bridgehead atoms. The Morgan fingerprint density at radius 1 is 1.42 bits per heavy atom. The van der Waals surface area contributed by atoms with Gasteiger partial charge in [0.2, 0.25) is 5.88 Å². The van der Waals surface area contributed by atoms with E-state index in [0.717, 1.165) is 12.8 Å². The number of ether oxygens (including phenoxy) is 1. The summed E-state index contributed by atoms with van der Waals surface area (Å²) in [7, 11) is 1.55. The molecule has 0 amide bonds. The van der Waals surface area contributed by atoms with Gasteiger partial charge < -0.3 is 9.84 Å². The lowest BCUT2D eigenvalue weighted by molar-refractivity contribution is 0.0700. The van der Waals surface area contributed by atoms with Crippen LogP contribution in [-0.2, 0) is 0 Å². The zero-order chi connectivity index (χ0) is 13.4. The molecule has 1 aliphatic rings. The first-order chi connectivity index (χ1) is 9.19. The number of carboxylic acid groups (broad SMARTS) is 1. The van der Waals surface area contributed by atoms with E-state index in [4.69, 9.17) is 4.74 Å². The Morgan fingerprint density at radius 3 is 2.84 bits per heavy atom. The molecule has 1 N–H and O–H groups in total. The van der Waals surface area contributed by atoms with E-state index in [-0.39, 0.29) is 0 Å². The Balaban J connectivity index is 2.04. The highest BCUT2D eigenvalue weighted by atomic mass is 32.1. The summed E-state index contributed by atoms with van der Waals surface area (Å²) < 4.78 is 5.07. The van der Waals surface area contributed by atoms with Crippen LogP contribution < -0.4 is 4.74 Å². The van der Waals surface area contributed by atoms with E-state index >= 15 is 0 Å². The van der Waals surface area contributed by atoms with E-state index in [1.807, 2.05) is 12.1 Å². The van der Waals surface area contributed by atoms with Crippen LogP contribution in [0, 0.1) is 0 Å². The Kier molecular flexibility index (Phi) is 2.94. The molecular formula is C13H12N2O3S. The second-order valence-corrected chi connectivity index (χ2v) is 5.38. The fourth-order valence-electron chi connectivity index (χ4n) is 1.88. The van der Waals surface area contributed by atoms with Crippen molar-refractivity contribution < 1.29 is 14.6 Å². The molecule has 0 unspecified atom stereocenters. The molecule has 5 nitrogen and oxygen atoms in total. The van der Waals surface area contributed by atoms with Crippen molar-refractivity contribution >= 4 is 17.3 Å². The number of thiazole rings is 1. The molecule has 1 fully saturated rings. The molecule has 1 aliphatic carbocycles. The van der Waals surface area contributed by atoms with Gasteiger partial charge in [0, 0.05) is 12.0 Å². The molecule has 3 rings (SSSR count). The predicted octanol–water partition coefficient (Wildman–Crippen LogP) is 2.79. The fourth-order valence-corrected chi connectivity index (χ4v) is 2.84. The molecule has 19 heavy (non-hydrogen) atoms. The van der Waals surface area contributed by atoms with E-state index in [9.17, 15) is 9.90 Å². The second kappa shape index (κ2) is 4.62. The van der Waals surface area contributed by atoms with Crippen LogP contribution in [0.25, 0.3) is 10.7 Å². The van der Waals surface area contributed by atoms with Crippen LogP contribution in [0.15, 0.2) is 18.2 Å². The average molecular weight is 276 g/mol. The Morgan fingerprint density at radius 2 is 2.21 bits per heavy atom. The average Bonchev–Trinajstić information content (AvgIpc) is 3.17. The summed E-state index contributed by atoms with van der Waals surface area (Å²) in [4.78, 5) is 20.3. The number of methoxy groups -OCH3 is 1. The van der Waals surface area contributed by atoms with Crippen molar-refractivity contribution in [3.05, 3.63) is 28.8 Å². The summed E-state index contributed by atoms with van der Waals surface area (Å²) in [6.07, 6.45) is 2.05. The van der Waals surface area contributed by atoms with Gasteiger partial charge in [-0.1, -0.05) is 6.07 Å². The lowest BCUT2D eigenvalue weighted by Gasteiger charge is -1.99. The number of hydrogen-bond donors (Lipinski definition) is 1. The number of aromatic nitrogens is 2. The van der Waals surface area contributed by atoms with Crippen LogP contribution in [-0.4, -0.2) is 28.2 Å². The van der Waals surface area contributed by atoms with E-state index in [1.165, 1.54) is 11.3 Å². The highest BCUT2D eigenvalue weighted by Gasteiger charge is 2.32. The van der Waals surface area contributed by atoms with Crippen molar-refractivity contribution in [2.45, 2.75) is 18.8 Å². The zero-order valence-electron chi connectivity index (χ0n) is 10.3. The minimum absolute atomic E-state index is 0.307. The SMILES string of the molecule is COc1cccc(-c2nc(C3CC3)c(C(=O)O)s2)n1. The molecule has 0 radical (unpaired) electrons. The van der Waals surface area contributed by atoms with Crippen LogP contribution in [0.2, 0.25) is 0 Å². The first-order valence-electron chi connectivity index (χ1n) is 5.94. The minimum atomic E-state index is -0.909. The molecular weight excluding hydrogens is 264 g/mol. The van der Waals surface area contributed by atoms with Crippen LogP contribution in [0.5, 0.6) is 5.88 Å². The summed E-state index contributed by atoms with van der Waals surface area (Å²) in [6, 6.07) is 5.38. The highest BCUT2D eigenvalue weighted by Crippen LogP contribution is 2.44. The smallest absolute Gasteiger partial charge is 0.347 e. The van der Waals surface area contributed by atoms with Gasteiger partial charge in [-0.2, -0.15) is 0 Å². The van der Waals surface area contributed by atoms with E-state index in [0.29, 0.717) is 33.1 Å². The number of carboxylic acids is 1. The largest absolute Gasteiger partial charge is 0.481 e. The summed E-state index contributed by atoms with van der Waals surface area (Å²) in [5.41, 5.74) is 1.36. The number of hydrogen-bond acceptors (Lipinski definition) is 5. The lowest BCUT2D eigenvalue weighted by atomic mass is 10.2. The van der Waals surface area contributed by atoms with Crippen LogP contribution in [0.3, 0.4) is 0 Å². The molecule has 6 heteroatoms. The lowest BCUT2D eigenvalue weighted by Crippen LogP contribution is -1.97. The van der Waals surface area contributed by atoms with Crippen molar-refractivity contribution in [3.8, 4) is 16.6 Å². The number of pyridine rings is 1. The number of carbonyl (C=O) groups is 1. The van der Waals surface area contributed by atoms with Crippen molar-refractivity contribution in [2.75, 3.05) is 7.11 Å². The maximum atomic E-state index is 11.2. The third-order valence-corrected chi connectivity index (χ3v) is 4.05. The van der Waals surface area contributed by atoms with Gasteiger partial charge in [0.1, 0.15) is 15.6 Å². The van der Waals surface area contributed by atoms with Gasteiger partial charge in [-0.05, 0) is 18.9 Å². The zero-order valence-corrected chi connectivity index (χ0v) is 11.1. The molecule has 98 valence electrons. The van der Waals surface area contributed by atoms with Crippen LogP contribution >= 0.6 is 11.3 Å². The van der Waals surface area contributed by atoms with Crippen molar-refractivity contribution in [1.82, 2.24) is 9.97 Å². The minimum Gasteiger partial charge on any atom is -0.481 e. The quantitative estimate of drug-likeness (QED) is 0.929. The maximum Gasteiger partial charge on any atom is 0.347 e. The molecule has 0 aliphatic heterocycles. The van der Waals surface area contributed by atoms with Gasteiger partial charge in [0.05, 0.1) is 12.8 Å². The first kappa shape index (κ1) is 12.1. The molecule has 0 spiro atoms. The molecule has 1 saturated carbocycles.